The molecular formula is C21H22N2O7. The van der Waals surface area contributed by atoms with Gasteiger partial charge in [-0.3, -0.25) is 0 Å². The van der Waals surface area contributed by atoms with E-state index in [2.05, 4.69) is 10.2 Å². The van der Waals surface area contributed by atoms with Crippen LogP contribution in [-0.4, -0.2) is 44.6 Å². The number of aromatic nitrogens is 2. The van der Waals surface area contributed by atoms with Crippen molar-refractivity contribution in [3.63, 3.8) is 0 Å². The zero-order valence-electron chi connectivity index (χ0n) is 17.3. The molecule has 1 heterocycles. The maximum Gasteiger partial charge on any atom is 0.339 e. The minimum Gasteiger partial charge on any atom is -0.497 e. The maximum absolute atomic E-state index is 12.6. The lowest BCUT2D eigenvalue weighted by atomic mass is 10.2. The second-order valence-electron chi connectivity index (χ2n) is 6.14. The van der Waals surface area contributed by atoms with Crippen molar-refractivity contribution in [1.82, 2.24) is 10.2 Å². The zero-order valence-corrected chi connectivity index (χ0v) is 17.3. The van der Waals surface area contributed by atoms with E-state index in [0.29, 0.717) is 28.9 Å². The van der Waals surface area contributed by atoms with Gasteiger partial charge in [0.1, 0.15) is 5.75 Å². The van der Waals surface area contributed by atoms with Crippen molar-refractivity contribution in [2.24, 2.45) is 0 Å². The molecule has 0 radical (unpaired) electrons. The summed E-state index contributed by atoms with van der Waals surface area (Å²) >= 11 is 0. The first-order chi connectivity index (χ1) is 14.5. The van der Waals surface area contributed by atoms with E-state index in [4.69, 9.17) is 28.1 Å². The Hall–Kier alpha value is -3.75. The summed E-state index contributed by atoms with van der Waals surface area (Å²) < 4.78 is 32.1. The summed E-state index contributed by atoms with van der Waals surface area (Å²) in [6.07, 6.45) is -0.768. The fourth-order valence-corrected chi connectivity index (χ4v) is 2.73. The van der Waals surface area contributed by atoms with Crippen molar-refractivity contribution < 1.29 is 32.9 Å². The van der Waals surface area contributed by atoms with E-state index in [9.17, 15) is 4.79 Å². The first-order valence-corrected chi connectivity index (χ1v) is 8.99. The van der Waals surface area contributed by atoms with Gasteiger partial charge in [-0.1, -0.05) is 0 Å². The number of methoxy groups -OCH3 is 4. The average molecular weight is 414 g/mol. The summed E-state index contributed by atoms with van der Waals surface area (Å²) in [5.41, 5.74) is 0.948. The SMILES string of the molecule is COc1ccc(-c2nnc([C@@H](C)OC(=O)c3cc(OC)c(OC)c(OC)c3)o2)cc1. The highest BCUT2D eigenvalue weighted by Gasteiger charge is 2.23. The van der Waals surface area contributed by atoms with Gasteiger partial charge in [0.2, 0.25) is 11.6 Å². The van der Waals surface area contributed by atoms with Crippen LogP contribution in [0.3, 0.4) is 0 Å². The Bertz CT molecular complexity index is 989. The molecule has 0 saturated heterocycles. The van der Waals surface area contributed by atoms with Gasteiger partial charge in [0.25, 0.3) is 5.89 Å². The number of ether oxygens (including phenoxy) is 5. The predicted octanol–water partition coefficient (Wildman–Crippen LogP) is 3.69. The molecule has 0 amide bonds. The van der Waals surface area contributed by atoms with Crippen molar-refractivity contribution >= 4 is 5.97 Å². The molecule has 0 unspecified atom stereocenters. The summed E-state index contributed by atoms with van der Waals surface area (Å²) in [5, 5.41) is 8.00. The molecule has 1 atom stereocenters. The molecule has 0 N–H and O–H groups in total. The van der Waals surface area contributed by atoms with Gasteiger partial charge in [-0.2, -0.15) is 0 Å². The van der Waals surface area contributed by atoms with Crippen LogP contribution in [0.1, 0.15) is 29.3 Å². The summed E-state index contributed by atoms with van der Waals surface area (Å²) in [5.74, 6) is 1.65. The molecule has 0 aliphatic heterocycles. The minimum atomic E-state index is -0.768. The van der Waals surface area contributed by atoms with Gasteiger partial charge in [-0.05, 0) is 43.3 Å². The fraction of sp³-hybridized carbons (Fsp3) is 0.286. The predicted molar refractivity (Wildman–Crippen MR) is 106 cm³/mol. The number of esters is 1. The topological polar surface area (TPSA) is 102 Å². The number of carbonyl (C=O) groups excluding carboxylic acids is 1. The number of carbonyl (C=O) groups is 1. The molecular weight excluding hydrogens is 392 g/mol. The second-order valence-corrected chi connectivity index (χ2v) is 6.14. The first-order valence-electron chi connectivity index (χ1n) is 8.99. The van der Waals surface area contributed by atoms with Crippen LogP contribution in [0.15, 0.2) is 40.8 Å². The molecule has 1 aromatic heterocycles. The Kier molecular flexibility index (Phi) is 6.41. The highest BCUT2D eigenvalue weighted by molar-refractivity contribution is 5.91. The lowest BCUT2D eigenvalue weighted by Crippen LogP contribution is -2.10. The lowest BCUT2D eigenvalue weighted by Gasteiger charge is -2.14. The van der Waals surface area contributed by atoms with Gasteiger partial charge >= 0.3 is 5.97 Å². The molecule has 9 nitrogen and oxygen atoms in total. The van der Waals surface area contributed by atoms with Crippen LogP contribution in [0, 0.1) is 0 Å². The van der Waals surface area contributed by atoms with Crippen molar-refractivity contribution in [2.75, 3.05) is 28.4 Å². The van der Waals surface area contributed by atoms with Crippen LogP contribution in [0.25, 0.3) is 11.5 Å². The van der Waals surface area contributed by atoms with Gasteiger partial charge in [-0.15, -0.1) is 10.2 Å². The zero-order chi connectivity index (χ0) is 21.7. The van der Waals surface area contributed by atoms with Gasteiger partial charge < -0.3 is 28.1 Å². The molecule has 0 saturated carbocycles. The number of rotatable bonds is 8. The smallest absolute Gasteiger partial charge is 0.339 e. The van der Waals surface area contributed by atoms with Crippen LogP contribution in [-0.2, 0) is 4.74 Å². The molecule has 3 rings (SSSR count). The van der Waals surface area contributed by atoms with Gasteiger partial charge in [-0.25, -0.2) is 4.79 Å². The third kappa shape index (κ3) is 4.29. The monoisotopic (exact) mass is 414 g/mol. The van der Waals surface area contributed by atoms with Crippen LogP contribution >= 0.6 is 0 Å². The third-order valence-electron chi connectivity index (χ3n) is 4.31. The minimum absolute atomic E-state index is 0.168. The maximum atomic E-state index is 12.6. The van der Waals surface area contributed by atoms with E-state index in [1.807, 2.05) is 0 Å². The van der Waals surface area contributed by atoms with Crippen molar-refractivity contribution in [2.45, 2.75) is 13.0 Å². The largest absolute Gasteiger partial charge is 0.497 e. The summed E-state index contributed by atoms with van der Waals surface area (Å²) in [7, 11) is 6.00. The Morgan fingerprint density at radius 3 is 2.07 bits per heavy atom. The second kappa shape index (κ2) is 9.17. The van der Waals surface area contributed by atoms with Crippen molar-refractivity contribution in [3.05, 3.63) is 47.9 Å². The van der Waals surface area contributed by atoms with Gasteiger partial charge in [0.05, 0.1) is 34.0 Å². The lowest BCUT2D eigenvalue weighted by molar-refractivity contribution is 0.0279. The molecule has 158 valence electrons. The molecule has 30 heavy (non-hydrogen) atoms. The third-order valence-corrected chi connectivity index (χ3v) is 4.31. The van der Waals surface area contributed by atoms with E-state index in [1.54, 1.807) is 38.3 Å². The van der Waals surface area contributed by atoms with Crippen LogP contribution in [0.5, 0.6) is 23.0 Å². The molecule has 3 aromatic rings. The first kappa shape index (κ1) is 21.0. The molecule has 2 aromatic carbocycles. The van der Waals surface area contributed by atoms with Gasteiger partial charge in [0, 0.05) is 5.56 Å². The number of nitrogens with zero attached hydrogens (tertiary/aromatic N) is 2. The summed E-state index contributed by atoms with van der Waals surface area (Å²) in [6, 6.07) is 10.2. The Balaban J connectivity index is 1.77. The Labute approximate surface area is 173 Å². The molecule has 0 aliphatic carbocycles. The normalized spacial score (nSPS) is 11.5. The molecule has 0 fully saturated rings. The van der Waals surface area contributed by atoms with Crippen molar-refractivity contribution in [1.29, 1.82) is 0 Å². The highest BCUT2D eigenvalue weighted by atomic mass is 16.6. The summed E-state index contributed by atoms with van der Waals surface area (Å²) in [6.45, 7) is 1.64. The van der Waals surface area contributed by atoms with E-state index in [0.717, 1.165) is 5.56 Å². The van der Waals surface area contributed by atoms with E-state index >= 15 is 0 Å². The summed E-state index contributed by atoms with van der Waals surface area (Å²) in [4.78, 5) is 12.6. The Morgan fingerprint density at radius 2 is 1.53 bits per heavy atom. The number of hydrogen-bond acceptors (Lipinski definition) is 9. The highest BCUT2D eigenvalue weighted by Crippen LogP contribution is 2.38. The van der Waals surface area contributed by atoms with Crippen LogP contribution in [0.2, 0.25) is 0 Å². The van der Waals surface area contributed by atoms with E-state index < -0.39 is 12.1 Å². The average Bonchev–Trinajstić information content (AvgIpc) is 3.28. The fourth-order valence-electron chi connectivity index (χ4n) is 2.73. The molecule has 0 spiro atoms. The molecule has 0 aliphatic rings. The molecule has 0 bridgehead atoms. The van der Waals surface area contributed by atoms with E-state index in [-0.39, 0.29) is 11.5 Å². The molecule has 9 heteroatoms. The van der Waals surface area contributed by atoms with Crippen LogP contribution in [0.4, 0.5) is 0 Å². The van der Waals surface area contributed by atoms with Crippen LogP contribution < -0.4 is 18.9 Å². The number of hydrogen-bond donors (Lipinski definition) is 0. The standard InChI is InChI=1S/C21H22N2O7/c1-12(19-22-23-20(30-19)13-6-8-15(25-2)9-7-13)29-21(24)14-10-16(26-3)18(28-5)17(11-14)27-4/h6-12H,1-5H3/t12-/m1/s1. The Morgan fingerprint density at radius 1 is 0.900 bits per heavy atom. The quantitative estimate of drug-likeness (QED) is 0.511. The van der Waals surface area contributed by atoms with Gasteiger partial charge in [0.15, 0.2) is 17.6 Å². The number of benzene rings is 2. The van der Waals surface area contributed by atoms with Crippen molar-refractivity contribution in [3.8, 4) is 34.5 Å². The van der Waals surface area contributed by atoms with E-state index in [1.165, 1.54) is 33.5 Å².